The Hall–Kier alpha value is -1.56. The van der Waals surface area contributed by atoms with Gasteiger partial charge in [0.2, 0.25) is 0 Å². The molecule has 0 heterocycles. The fourth-order valence-corrected chi connectivity index (χ4v) is 3.44. The van der Waals surface area contributed by atoms with Gasteiger partial charge in [-0.3, -0.25) is 4.79 Å². The van der Waals surface area contributed by atoms with Gasteiger partial charge in [0.05, 0.1) is 11.3 Å². The third-order valence-corrected chi connectivity index (χ3v) is 4.75. The summed E-state index contributed by atoms with van der Waals surface area (Å²) >= 11 is 0. The summed E-state index contributed by atoms with van der Waals surface area (Å²) in [6.07, 6.45) is 2.24. The van der Waals surface area contributed by atoms with Gasteiger partial charge in [0, 0.05) is 11.7 Å². The fourth-order valence-electron chi connectivity index (χ4n) is 2.37. The molecule has 0 atom stereocenters. The molecule has 0 aromatic heterocycles. The first kappa shape index (κ1) is 13.9. The van der Waals surface area contributed by atoms with E-state index in [9.17, 15) is 18.3 Å². The molecule has 6 heteroatoms. The standard InChI is InChI=1S/C13H16O5S/c1-8-5-11(19(2,17)18)9(6-10(8)14)13(3-4-13)7-12(15)16/h5-6,14H,3-4,7H2,1-2H3,(H,15,16). The van der Waals surface area contributed by atoms with Crippen LogP contribution in [0.25, 0.3) is 0 Å². The summed E-state index contributed by atoms with van der Waals surface area (Å²) in [6, 6.07) is 2.82. The lowest BCUT2D eigenvalue weighted by atomic mass is 9.91. The molecule has 0 aliphatic heterocycles. The van der Waals surface area contributed by atoms with Crippen molar-refractivity contribution in [1.29, 1.82) is 0 Å². The zero-order chi connectivity index (χ0) is 14.4. The van der Waals surface area contributed by atoms with E-state index in [0.717, 1.165) is 6.26 Å². The normalized spacial score (nSPS) is 17.2. The SMILES string of the molecule is Cc1cc(S(C)(=O)=O)c(C2(CC(=O)O)CC2)cc1O. The molecule has 1 saturated carbocycles. The van der Waals surface area contributed by atoms with E-state index in [2.05, 4.69) is 0 Å². The number of carbonyl (C=O) groups is 1. The summed E-state index contributed by atoms with van der Waals surface area (Å²) in [5.41, 5.74) is 0.255. The van der Waals surface area contributed by atoms with Gasteiger partial charge in [0.15, 0.2) is 9.84 Å². The van der Waals surface area contributed by atoms with Crippen molar-refractivity contribution in [1.82, 2.24) is 0 Å². The van der Waals surface area contributed by atoms with Crippen molar-refractivity contribution in [2.75, 3.05) is 6.26 Å². The molecule has 2 rings (SSSR count). The van der Waals surface area contributed by atoms with Crippen molar-refractivity contribution < 1.29 is 23.4 Å². The monoisotopic (exact) mass is 284 g/mol. The van der Waals surface area contributed by atoms with Crippen LogP contribution in [-0.4, -0.2) is 30.9 Å². The van der Waals surface area contributed by atoms with Crippen LogP contribution < -0.4 is 0 Å². The van der Waals surface area contributed by atoms with Crippen molar-refractivity contribution in [2.24, 2.45) is 0 Å². The first-order chi connectivity index (χ1) is 8.66. The Morgan fingerprint density at radius 3 is 2.37 bits per heavy atom. The molecule has 0 bridgehead atoms. The van der Waals surface area contributed by atoms with E-state index in [1.807, 2.05) is 0 Å². The van der Waals surface area contributed by atoms with E-state index in [0.29, 0.717) is 24.0 Å². The van der Waals surface area contributed by atoms with Gasteiger partial charge in [0.25, 0.3) is 0 Å². The van der Waals surface area contributed by atoms with Crippen LogP contribution in [0.3, 0.4) is 0 Å². The van der Waals surface area contributed by atoms with Gasteiger partial charge in [-0.25, -0.2) is 8.42 Å². The lowest BCUT2D eigenvalue weighted by Gasteiger charge is -2.18. The highest BCUT2D eigenvalue weighted by Crippen LogP contribution is 2.53. The number of phenols is 1. The van der Waals surface area contributed by atoms with Gasteiger partial charge in [-0.1, -0.05) is 0 Å². The lowest BCUT2D eigenvalue weighted by molar-refractivity contribution is -0.137. The van der Waals surface area contributed by atoms with E-state index in [-0.39, 0.29) is 17.1 Å². The second kappa shape index (κ2) is 4.23. The molecule has 1 aromatic carbocycles. The molecule has 0 amide bonds. The largest absolute Gasteiger partial charge is 0.508 e. The van der Waals surface area contributed by atoms with Crippen LogP contribution in [0.2, 0.25) is 0 Å². The van der Waals surface area contributed by atoms with E-state index in [1.165, 1.54) is 12.1 Å². The predicted octanol–water partition coefficient (Wildman–Crippen LogP) is 1.61. The van der Waals surface area contributed by atoms with Gasteiger partial charge in [0.1, 0.15) is 5.75 Å². The molecule has 2 N–H and O–H groups in total. The molecule has 19 heavy (non-hydrogen) atoms. The molecule has 0 radical (unpaired) electrons. The number of hydrogen-bond donors (Lipinski definition) is 2. The molecule has 1 fully saturated rings. The highest BCUT2D eigenvalue weighted by molar-refractivity contribution is 7.90. The van der Waals surface area contributed by atoms with Gasteiger partial charge >= 0.3 is 5.97 Å². The van der Waals surface area contributed by atoms with E-state index >= 15 is 0 Å². The highest BCUT2D eigenvalue weighted by atomic mass is 32.2. The average molecular weight is 284 g/mol. The van der Waals surface area contributed by atoms with Crippen LogP contribution in [-0.2, 0) is 20.0 Å². The van der Waals surface area contributed by atoms with Crippen LogP contribution in [0.1, 0.15) is 30.4 Å². The zero-order valence-corrected chi connectivity index (χ0v) is 11.6. The van der Waals surface area contributed by atoms with Crippen LogP contribution >= 0.6 is 0 Å². The minimum absolute atomic E-state index is 0.000867. The summed E-state index contributed by atoms with van der Waals surface area (Å²) in [4.78, 5) is 11.1. The second-order valence-electron chi connectivity index (χ2n) is 5.26. The minimum atomic E-state index is -3.46. The van der Waals surface area contributed by atoms with Crippen LogP contribution in [0.4, 0.5) is 0 Å². The molecule has 0 spiro atoms. The summed E-state index contributed by atoms with van der Waals surface area (Å²) in [7, 11) is -3.46. The highest BCUT2D eigenvalue weighted by Gasteiger charge is 2.48. The van der Waals surface area contributed by atoms with Crippen LogP contribution in [0.15, 0.2) is 17.0 Å². The topological polar surface area (TPSA) is 91.7 Å². The molecule has 1 aliphatic carbocycles. The summed E-state index contributed by atoms with van der Waals surface area (Å²) < 4.78 is 23.7. The average Bonchev–Trinajstić information content (AvgIpc) is 2.99. The Morgan fingerprint density at radius 2 is 1.95 bits per heavy atom. The third-order valence-electron chi connectivity index (χ3n) is 3.61. The van der Waals surface area contributed by atoms with Gasteiger partial charge in [-0.15, -0.1) is 0 Å². The lowest BCUT2D eigenvalue weighted by Crippen LogP contribution is -2.17. The number of sulfone groups is 1. The molecular weight excluding hydrogens is 268 g/mol. The number of aromatic hydroxyl groups is 1. The minimum Gasteiger partial charge on any atom is -0.508 e. The number of carboxylic acid groups (broad SMARTS) is 1. The molecular formula is C13H16O5S. The van der Waals surface area contributed by atoms with Gasteiger partial charge < -0.3 is 10.2 Å². The maximum Gasteiger partial charge on any atom is 0.304 e. The van der Waals surface area contributed by atoms with E-state index < -0.39 is 21.2 Å². The Morgan fingerprint density at radius 1 is 1.37 bits per heavy atom. The summed E-state index contributed by atoms with van der Waals surface area (Å²) in [5.74, 6) is -0.962. The van der Waals surface area contributed by atoms with Crippen molar-refractivity contribution in [3.8, 4) is 5.75 Å². The fraction of sp³-hybridized carbons (Fsp3) is 0.462. The Bertz CT molecular complexity index is 641. The number of benzene rings is 1. The van der Waals surface area contributed by atoms with Gasteiger partial charge in [-0.2, -0.15) is 0 Å². The molecule has 104 valence electrons. The molecule has 1 aromatic rings. The zero-order valence-electron chi connectivity index (χ0n) is 10.8. The first-order valence-electron chi connectivity index (χ1n) is 5.92. The number of hydrogen-bond acceptors (Lipinski definition) is 4. The Balaban J connectivity index is 2.63. The third kappa shape index (κ3) is 2.58. The number of carboxylic acids is 1. The molecule has 5 nitrogen and oxygen atoms in total. The number of rotatable bonds is 4. The predicted molar refractivity (Wildman–Crippen MR) is 69.1 cm³/mol. The molecule has 1 aliphatic rings. The summed E-state index contributed by atoms with van der Waals surface area (Å²) in [6.45, 7) is 1.62. The second-order valence-corrected chi connectivity index (χ2v) is 7.24. The smallest absolute Gasteiger partial charge is 0.304 e. The maximum absolute atomic E-state index is 11.8. The number of aryl methyl sites for hydroxylation is 1. The van der Waals surface area contributed by atoms with E-state index in [4.69, 9.17) is 5.11 Å². The number of aliphatic carboxylic acids is 1. The van der Waals surface area contributed by atoms with Gasteiger partial charge in [-0.05, 0) is 43.0 Å². The molecule has 0 unspecified atom stereocenters. The van der Waals surface area contributed by atoms with Crippen LogP contribution in [0.5, 0.6) is 5.75 Å². The van der Waals surface area contributed by atoms with Crippen molar-refractivity contribution in [3.05, 3.63) is 23.3 Å². The quantitative estimate of drug-likeness (QED) is 0.876. The van der Waals surface area contributed by atoms with E-state index in [1.54, 1.807) is 6.92 Å². The first-order valence-corrected chi connectivity index (χ1v) is 7.81. The maximum atomic E-state index is 11.8. The van der Waals surface area contributed by atoms with Crippen molar-refractivity contribution >= 4 is 15.8 Å². The molecule has 0 saturated heterocycles. The number of phenolic OH excluding ortho intramolecular Hbond substituents is 1. The Kier molecular flexibility index (Phi) is 3.09. The van der Waals surface area contributed by atoms with Crippen molar-refractivity contribution in [3.63, 3.8) is 0 Å². The summed E-state index contributed by atoms with van der Waals surface area (Å²) in [5, 5.41) is 18.7. The Labute approximate surface area is 111 Å². The van der Waals surface area contributed by atoms with Crippen molar-refractivity contribution in [2.45, 2.75) is 36.5 Å². The van der Waals surface area contributed by atoms with Crippen LogP contribution in [0, 0.1) is 6.92 Å².